The summed E-state index contributed by atoms with van der Waals surface area (Å²) in [5, 5.41) is 110. The highest BCUT2D eigenvalue weighted by Crippen LogP contribution is 2.55. The molecule has 4 heterocycles. The summed E-state index contributed by atoms with van der Waals surface area (Å²) < 4.78 is 52.0. The minimum atomic E-state index is -2.11. The van der Waals surface area contributed by atoms with Crippen LogP contribution in [-0.4, -0.2) is 228 Å². The number of thiol groups is 1. The zero-order chi connectivity index (χ0) is 63.5. The summed E-state index contributed by atoms with van der Waals surface area (Å²) in [6, 6.07) is -2.63. The zero-order valence-electron chi connectivity index (χ0n) is 51.4. The van der Waals surface area contributed by atoms with Crippen molar-refractivity contribution in [1.82, 2.24) is 21.5 Å². The Hall–Kier alpha value is -2.94. The molecule has 0 bridgehead atoms. The van der Waals surface area contributed by atoms with Gasteiger partial charge in [-0.2, -0.15) is 12.6 Å². The lowest BCUT2D eigenvalue weighted by atomic mass is 9.58. The van der Waals surface area contributed by atoms with E-state index in [0.717, 1.165) is 12.8 Å². The summed E-state index contributed by atoms with van der Waals surface area (Å²) in [4.78, 5) is 67.1. The second-order valence-corrected chi connectivity index (χ2v) is 25.0. The van der Waals surface area contributed by atoms with Crippen molar-refractivity contribution < 1.29 is 108 Å². The molecule has 0 aromatic heterocycles. The number of carbonyl (C=O) groups excluding carboxylic acids is 4. The summed E-state index contributed by atoms with van der Waals surface area (Å²) in [5.74, 6) is -4.06. The van der Waals surface area contributed by atoms with Gasteiger partial charge in [0.1, 0.15) is 73.2 Å². The fraction of sp³-hybridized carbons (Fsp3) is 0.914. The quantitative estimate of drug-likeness (QED) is 0.0333. The molecule has 24 unspecified atom stereocenters. The number of rotatable bonds is 31. The van der Waals surface area contributed by atoms with E-state index in [4.69, 9.17) is 37.9 Å². The Labute approximate surface area is 505 Å². The van der Waals surface area contributed by atoms with Gasteiger partial charge >= 0.3 is 5.97 Å². The molecule has 85 heavy (non-hydrogen) atoms. The van der Waals surface area contributed by atoms with Crippen LogP contribution < -0.4 is 21.5 Å². The fourth-order valence-electron chi connectivity index (χ4n) is 13.7. The molecule has 5 rings (SSSR count). The molecule has 492 valence electrons. The van der Waals surface area contributed by atoms with E-state index in [1.54, 1.807) is 20.8 Å². The van der Waals surface area contributed by atoms with Crippen LogP contribution in [0.25, 0.3) is 0 Å². The molecule has 0 aromatic rings. The van der Waals surface area contributed by atoms with Crippen LogP contribution in [0.3, 0.4) is 0 Å². The first-order valence-electron chi connectivity index (χ1n) is 30.7. The molecule has 27 heteroatoms. The van der Waals surface area contributed by atoms with Crippen LogP contribution in [0.1, 0.15) is 166 Å². The van der Waals surface area contributed by atoms with Gasteiger partial charge in [-0.15, -0.1) is 0 Å². The van der Waals surface area contributed by atoms with Crippen LogP contribution in [0.5, 0.6) is 0 Å². The molecular weight excluding hydrogens is 1140 g/mol. The summed E-state index contributed by atoms with van der Waals surface area (Å²) in [5.41, 5.74) is -0.0411. The number of aliphatic carboxylic acids is 1. The van der Waals surface area contributed by atoms with Crippen molar-refractivity contribution in [3.05, 3.63) is 0 Å². The number of hydrogen-bond acceptors (Lipinski definition) is 22. The number of aliphatic hydroxyl groups excluding tert-OH is 8. The van der Waals surface area contributed by atoms with Gasteiger partial charge in [-0.05, 0) is 75.4 Å². The number of nitrogens with one attached hydrogen (secondary N) is 4. The van der Waals surface area contributed by atoms with Crippen molar-refractivity contribution in [2.75, 3.05) is 19.0 Å². The lowest BCUT2D eigenvalue weighted by Gasteiger charge is -2.60. The molecule has 0 aromatic carbocycles. The van der Waals surface area contributed by atoms with Crippen LogP contribution >= 0.6 is 12.6 Å². The third-order valence-electron chi connectivity index (χ3n) is 18.6. The lowest BCUT2D eigenvalue weighted by Crippen LogP contribution is -2.74. The monoisotopic (exact) mass is 1240 g/mol. The molecule has 0 spiro atoms. The number of carboxylic acid groups (broad SMARTS) is 1. The Bertz CT molecular complexity index is 2170. The first kappa shape index (κ1) is 72.8. The minimum Gasteiger partial charge on any atom is -0.479 e. The predicted octanol–water partition coefficient (Wildman–Crippen LogP) is 0.554. The largest absolute Gasteiger partial charge is 0.479 e. The van der Waals surface area contributed by atoms with E-state index in [0.29, 0.717) is 50.9 Å². The Morgan fingerprint density at radius 3 is 1.49 bits per heavy atom. The summed E-state index contributed by atoms with van der Waals surface area (Å²) in [6.07, 6.45) is -25.6. The molecule has 4 amide bonds. The van der Waals surface area contributed by atoms with E-state index in [9.17, 15) is 69.9 Å². The highest BCUT2D eigenvalue weighted by atomic mass is 32.1. The van der Waals surface area contributed by atoms with Gasteiger partial charge in [0.2, 0.25) is 17.7 Å². The average molecular weight is 1240 g/mol. The minimum absolute atomic E-state index is 0.0335. The highest BCUT2D eigenvalue weighted by Gasteiger charge is 2.65. The molecule has 1 aliphatic carbocycles. The molecule has 1 saturated carbocycles. The van der Waals surface area contributed by atoms with Gasteiger partial charge in [0.25, 0.3) is 5.91 Å². The second kappa shape index (κ2) is 31.7. The number of hydrogen-bond donors (Lipinski definition) is 14. The van der Waals surface area contributed by atoms with Crippen LogP contribution in [-0.2, 0) is 61.9 Å². The van der Waals surface area contributed by atoms with E-state index in [1.165, 1.54) is 13.8 Å². The van der Waals surface area contributed by atoms with Gasteiger partial charge in [-0.1, -0.05) is 87.5 Å². The summed E-state index contributed by atoms with van der Waals surface area (Å²) in [7, 11) is 0. The first-order valence-corrected chi connectivity index (χ1v) is 31.3. The maximum absolute atomic E-state index is 14.7. The molecule has 5 aliphatic rings. The van der Waals surface area contributed by atoms with Gasteiger partial charge in [0.05, 0.1) is 48.7 Å². The van der Waals surface area contributed by atoms with Crippen molar-refractivity contribution in [3.8, 4) is 0 Å². The zero-order valence-corrected chi connectivity index (χ0v) is 52.3. The van der Waals surface area contributed by atoms with E-state index in [1.807, 2.05) is 41.5 Å². The molecule has 26 nitrogen and oxygen atoms in total. The maximum Gasteiger partial charge on any atom is 0.335 e. The van der Waals surface area contributed by atoms with Crippen molar-refractivity contribution in [3.63, 3.8) is 0 Å². The van der Waals surface area contributed by atoms with Gasteiger partial charge in [0.15, 0.2) is 24.8 Å². The predicted molar refractivity (Wildman–Crippen MR) is 307 cm³/mol. The Morgan fingerprint density at radius 1 is 0.576 bits per heavy atom. The van der Waals surface area contributed by atoms with E-state index in [2.05, 4.69) is 34.1 Å². The molecule has 13 N–H and O–H groups in total. The van der Waals surface area contributed by atoms with Gasteiger partial charge in [-0.25, -0.2) is 4.79 Å². The molecule has 5 fully saturated rings. The number of hydrazine groups is 1. The normalized spacial score (nSPS) is 37.2. The van der Waals surface area contributed by atoms with Gasteiger partial charge < -0.3 is 94.5 Å². The van der Waals surface area contributed by atoms with Gasteiger partial charge in [-0.3, -0.25) is 30.0 Å². The number of carbonyl (C=O) groups is 5. The summed E-state index contributed by atoms with van der Waals surface area (Å²) in [6.45, 7) is 17.6. The Kier molecular flexibility index (Phi) is 27.1. The lowest BCUT2D eigenvalue weighted by molar-refractivity contribution is -0.357. The topological polar surface area (TPSA) is 389 Å². The average Bonchev–Trinajstić information content (AvgIpc) is 1.75. The highest BCUT2D eigenvalue weighted by molar-refractivity contribution is 7.80. The maximum atomic E-state index is 14.7. The number of carboxylic acids is 1. The molecule has 4 saturated heterocycles. The Morgan fingerprint density at radius 2 is 1.07 bits per heavy atom. The molecule has 0 radical (unpaired) electrons. The van der Waals surface area contributed by atoms with E-state index >= 15 is 0 Å². The standard InChI is InChI=1S/C58H102N4O22S/c1-12-22-55(10,15-4)49-35(59-29(8)65)43(37(68)32(27-63)77-49)79-53-41(72)39(70)45(47(81-53)51(74)62-61-34(67)21-25-85)84-58(18-7,24-14-3)57(17-6,23-13-2)50-36(60-30(9)66)44(38(69)33(28-64)78-50)80-54-42(73)40(71)46(48(82-54)52(75)76)83-56(11,16-5)26-31-19-20-31/h31-33,35-50,53-54,63-64,68-73,85H,12-28H2,1-11H3,(H,59,65)(H,60,66)(H,61,67)(H,62,74)(H,75,76). The molecule has 4 aliphatic heterocycles. The Balaban J connectivity index is 1.63. The third-order valence-corrected chi connectivity index (χ3v) is 18.9. The number of amides is 4. The molecule has 24 atom stereocenters. The van der Waals surface area contributed by atoms with Crippen molar-refractivity contribution in [2.45, 2.75) is 300 Å². The van der Waals surface area contributed by atoms with Crippen LogP contribution in [0.15, 0.2) is 0 Å². The van der Waals surface area contributed by atoms with Crippen LogP contribution in [0, 0.1) is 16.7 Å². The van der Waals surface area contributed by atoms with E-state index < -0.39 is 187 Å². The second-order valence-electron chi connectivity index (χ2n) is 24.6. The van der Waals surface area contributed by atoms with E-state index in [-0.39, 0.29) is 37.9 Å². The van der Waals surface area contributed by atoms with Crippen molar-refractivity contribution >= 4 is 42.2 Å². The summed E-state index contributed by atoms with van der Waals surface area (Å²) >= 11 is 4.12. The number of aliphatic hydroxyl groups is 8. The van der Waals surface area contributed by atoms with Crippen molar-refractivity contribution in [1.29, 1.82) is 0 Å². The van der Waals surface area contributed by atoms with Crippen LogP contribution in [0.4, 0.5) is 0 Å². The smallest absolute Gasteiger partial charge is 0.335 e. The van der Waals surface area contributed by atoms with Crippen LogP contribution in [0.2, 0.25) is 0 Å². The van der Waals surface area contributed by atoms with Gasteiger partial charge in [0, 0.05) is 25.7 Å². The fourth-order valence-corrected chi connectivity index (χ4v) is 13.9. The first-order chi connectivity index (χ1) is 40.1. The SMILES string of the molecule is CCCC(C)(CC)C1OC(CO)C(O)C(OC2OC(C(=O)NNC(=O)CCS)C(OC(CC)(CCC)C(CC)(CCC)C3OC(CO)C(O)C(OC4OC(C(=O)O)C(OC(C)(CC)CC5CC5)C(O)C4O)C3NC(C)=O)C(O)C2O)C1NC(C)=O. The molecular formula is C58H102N4O22S. The van der Waals surface area contributed by atoms with Crippen molar-refractivity contribution in [2.24, 2.45) is 16.7 Å². The number of ether oxygens (including phenoxy) is 8. The third kappa shape index (κ3) is 16.3.